The Labute approximate surface area is 102 Å². The zero-order valence-electron chi connectivity index (χ0n) is 10.8. The van der Waals surface area contributed by atoms with Crippen molar-refractivity contribution in [2.24, 2.45) is 5.92 Å². The molecule has 1 aliphatic rings. The van der Waals surface area contributed by atoms with Crippen molar-refractivity contribution in [2.75, 3.05) is 13.1 Å². The van der Waals surface area contributed by atoms with Crippen LogP contribution in [0.3, 0.4) is 0 Å². The normalized spacial score (nSPS) is 25.9. The molecule has 0 radical (unpaired) electrons. The third kappa shape index (κ3) is 3.51. The molecule has 0 spiro atoms. The summed E-state index contributed by atoms with van der Waals surface area (Å²) < 4.78 is 5.21. The van der Waals surface area contributed by atoms with Gasteiger partial charge in [-0.2, -0.15) is 4.98 Å². The lowest BCUT2D eigenvalue weighted by molar-refractivity contribution is 0.0665. The summed E-state index contributed by atoms with van der Waals surface area (Å²) in [5.74, 6) is 1.97. The van der Waals surface area contributed by atoms with E-state index in [1.54, 1.807) is 0 Å². The first-order valence-corrected chi connectivity index (χ1v) is 6.21. The van der Waals surface area contributed by atoms with Crippen LogP contribution in [-0.4, -0.2) is 38.8 Å². The average Bonchev–Trinajstić information content (AvgIpc) is 2.73. The summed E-state index contributed by atoms with van der Waals surface area (Å²) in [7, 11) is 0. The summed E-state index contributed by atoms with van der Waals surface area (Å²) in [6.45, 7) is 8.33. The Morgan fingerprint density at radius 2 is 2.29 bits per heavy atom. The molecule has 0 amide bonds. The molecule has 5 heteroatoms. The lowest BCUT2D eigenvalue weighted by atomic mass is 10.1. The Balaban J connectivity index is 1.89. The van der Waals surface area contributed by atoms with Gasteiger partial charge in [0.1, 0.15) is 0 Å². The number of aliphatic hydroxyl groups is 1. The molecule has 2 heterocycles. The van der Waals surface area contributed by atoms with Crippen LogP contribution < -0.4 is 0 Å². The second kappa shape index (κ2) is 4.74. The molecule has 1 aromatic rings. The molecule has 2 rings (SSSR count). The average molecular weight is 239 g/mol. The molecule has 0 aliphatic carbocycles. The van der Waals surface area contributed by atoms with Gasteiger partial charge in [0.05, 0.1) is 12.1 Å². The molecule has 1 fully saturated rings. The van der Waals surface area contributed by atoms with Crippen LogP contribution in [-0.2, 0) is 13.0 Å². The fourth-order valence-corrected chi connectivity index (χ4v) is 2.17. The van der Waals surface area contributed by atoms with E-state index in [0.717, 1.165) is 25.2 Å². The molecule has 5 nitrogen and oxygen atoms in total. The van der Waals surface area contributed by atoms with Gasteiger partial charge in [0.25, 0.3) is 0 Å². The molecule has 1 N–H and O–H groups in total. The number of hydrogen-bond acceptors (Lipinski definition) is 5. The predicted octanol–water partition coefficient (Wildman–Crippen LogP) is 1.22. The maximum atomic E-state index is 9.86. The summed E-state index contributed by atoms with van der Waals surface area (Å²) in [5, 5.41) is 13.8. The van der Waals surface area contributed by atoms with Gasteiger partial charge in [-0.05, 0) is 19.3 Å². The van der Waals surface area contributed by atoms with Crippen LogP contribution in [0.5, 0.6) is 0 Å². The predicted molar refractivity (Wildman–Crippen MR) is 63.4 cm³/mol. The van der Waals surface area contributed by atoms with E-state index in [9.17, 15) is 5.11 Å². The van der Waals surface area contributed by atoms with E-state index in [1.807, 2.05) is 6.92 Å². The first-order valence-electron chi connectivity index (χ1n) is 6.21. The van der Waals surface area contributed by atoms with Crippen LogP contribution in [0.2, 0.25) is 0 Å². The number of nitrogens with zero attached hydrogens (tertiary/aromatic N) is 3. The smallest absolute Gasteiger partial charge is 0.240 e. The minimum Gasteiger partial charge on any atom is -0.389 e. The third-order valence-electron chi connectivity index (χ3n) is 2.99. The van der Waals surface area contributed by atoms with Crippen molar-refractivity contribution in [1.29, 1.82) is 0 Å². The molecule has 0 bridgehead atoms. The van der Waals surface area contributed by atoms with Gasteiger partial charge in [0.15, 0.2) is 5.82 Å². The van der Waals surface area contributed by atoms with Gasteiger partial charge in [0, 0.05) is 19.5 Å². The number of β-amino-alcohol motifs (C(OH)–C–C–N with tert-alkyl or cyclic N) is 1. The van der Waals surface area contributed by atoms with Gasteiger partial charge in [-0.3, -0.25) is 4.90 Å². The Bertz CT molecular complexity index is 374. The molecule has 1 atom stereocenters. The molecule has 96 valence electrons. The van der Waals surface area contributed by atoms with Crippen LogP contribution in [0.1, 0.15) is 38.9 Å². The standard InChI is InChI=1S/C12H21N3O2/c1-9(2)6-10-13-11(17-14-10)7-15-5-4-12(3,16)8-15/h9,16H,4-8H2,1-3H3. The second-order valence-corrected chi connectivity index (χ2v) is 5.66. The van der Waals surface area contributed by atoms with Gasteiger partial charge in [0.2, 0.25) is 5.89 Å². The Hall–Kier alpha value is -0.940. The Morgan fingerprint density at radius 3 is 2.88 bits per heavy atom. The lowest BCUT2D eigenvalue weighted by Crippen LogP contribution is -2.29. The Kier molecular flexibility index (Phi) is 3.49. The monoisotopic (exact) mass is 239 g/mol. The van der Waals surface area contributed by atoms with E-state index in [-0.39, 0.29) is 0 Å². The molecule has 0 aromatic carbocycles. The van der Waals surface area contributed by atoms with E-state index in [1.165, 1.54) is 0 Å². The second-order valence-electron chi connectivity index (χ2n) is 5.66. The van der Waals surface area contributed by atoms with Crippen molar-refractivity contribution < 1.29 is 9.63 Å². The minimum absolute atomic E-state index is 0.535. The van der Waals surface area contributed by atoms with Crippen molar-refractivity contribution in [1.82, 2.24) is 15.0 Å². The highest BCUT2D eigenvalue weighted by Gasteiger charge is 2.31. The summed E-state index contributed by atoms with van der Waals surface area (Å²) in [6, 6.07) is 0. The summed E-state index contributed by atoms with van der Waals surface area (Å²) >= 11 is 0. The first kappa shape index (κ1) is 12.5. The highest BCUT2D eigenvalue weighted by atomic mass is 16.5. The largest absolute Gasteiger partial charge is 0.389 e. The molecule has 1 unspecified atom stereocenters. The number of aromatic nitrogens is 2. The van der Waals surface area contributed by atoms with Crippen molar-refractivity contribution in [2.45, 2.75) is 45.8 Å². The van der Waals surface area contributed by atoms with E-state index in [0.29, 0.717) is 24.9 Å². The van der Waals surface area contributed by atoms with E-state index in [4.69, 9.17) is 4.52 Å². The van der Waals surface area contributed by atoms with Gasteiger partial charge < -0.3 is 9.63 Å². The van der Waals surface area contributed by atoms with Crippen LogP contribution in [0, 0.1) is 5.92 Å². The summed E-state index contributed by atoms with van der Waals surface area (Å²) in [6.07, 6.45) is 1.65. The van der Waals surface area contributed by atoms with Crippen molar-refractivity contribution in [3.63, 3.8) is 0 Å². The maximum Gasteiger partial charge on any atom is 0.240 e. The molecule has 17 heavy (non-hydrogen) atoms. The molecular weight excluding hydrogens is 218 g/mol. The van der Waals surface area contributed by atoms with Crippen LogP contribution in [0.4, 0.5) is 0 Å². The summed E-state index contributed by atoms with van der Waals surface area (Å²) in [4.78, 5) is 6.51. The Morgan fingerprint density at radius 1 is 1.53 bits per heavy atom. The fraction of sp³-hybridized carbons (Fsp3) is 0.833. The van der Waals surface area contributed by atoms with E-state index >= 15 is 0 Å². The zero-order chi connectivity index (χ0) is 12.5. The van der Waals surface area contributed by atoms with Crippen molar-refractivity contribution in [3.8, 4) is 0 Å². The molecule has 1 aromatic heterocycles. The quantitative estimate of drug-likeness (QED) is 0.856. The van der Waals surface area contributed by atoms with Crippen LogP contribution in [0.25, 0.3) is 0 Å². The number of likely N-dealkylation sites (tertiary alicyclic amines) is 1. The minimum atomic E-state index is -0.569. The van der Waals surface area contributed by atoms with E-state index in [2.05, 4.69) is 28.9 Å². The summed E-state index contributed by atoms with van der Waals surface area (Å²) in [5.41, 5.74) is -0.569. The fourth-order valence-electron chi connectivity index (χ4n) is 2.17. The lowest BCUT2D eigenvalue weighted by Gasteiger charge is -2.16. The SMILES string of the molecule is CC(C)Cc1noc(CN2CCC(C)(O)C2)n1. The van der Waals surface area contributed by atoms with Crippen LogP contribution >= 0.6 is 0 Å². The first-order chi connectivity index (χ1) is 7.94. The van der Waals surface area contributed by atoms with Gasteiger partial charge in [-0.25, -0.2) is 0 Å². The third-order valence-corrected chi connectivity index (χ3v) is 2.99. The van der Waals surface area contributed by atoms with Crippen molar-refractivity contribution >= 4 is 0 Å². The molecule has 1 saturated heterocycles. The van der Waals surface area contributed by atoms with Gasteiger partial charge in [-0.15, -0.1) is 0 Å². The van der Waals surface area contributed by atoms with E-state index < -0.39 is 5.60 Å². The highest BCUT2D eigenvalue weighted by molar-refractivity contribution is 4.91. The van der Waals surface area contributed by atoms with Gasteiger partial charge in [-0.1, -0.05) is 19.0 Å². The highest BCUT2D eigenvalue weighted by Crippen LogP contribution is 2.21. The number of rotatable bonds is 4. The maximum absolute atomic E-state index is 9.86. The topological polar surface area (TPSA) is 62.4 Å². The van der Waals surface area contributed by atoms with Crippen molar-refractivity contribution in [3.05, 3.63) is 11.7 Å². The van der Waals surface area contributed by atoms with Crippen LogP contribution in [0.15, 0.2) is 4.52 Å². The molecule has 0 saturated carbocycles. The van der Waals surface area contributed by atoms with Gasteiger partial charge >= 0.3 is 0 Å². The molecular formula is C12H21N3O2. The zero-order valence-corrected chi connectivity index (χ0v) is 10.8. The number of hydrogen-bond donors (Lipinski definition) is 1. The molecule has 1 aliphatic heterocycles.